The molecule has 1 aromatic heterocycles. The third kappa shape index (κ3) is 4.98. The number of hydrogen-bond acceptors (Lipinski definition) is 4. The van der Waals surface area contributed by atoms with Gasteiger partial charge >= 0.3 is 11.8 Å². The molecule has 0 aliphatic carbocycles. The van der Waals surface area contributed by atoms with Gasteiger partial charge in [-0.25, -0.2) is 8.78 Å². The molecule has 31 heavy (non-hydrogen) atoms. The summed E-state index contributed by atoms with van der Waals surface area (Å²) in [5, 5.41) is 6.82. The van der Waals surface area contributed by atoms with Crippen molar-refractivity contribution in [3.8, 4) is 0 Å². The van der Waals surface area contributed by atoms with Gasteiger partial charge in [0.1, 0.15) is 11.6 Å². The Balaban J connectivity index is 1.42. The maximum Gasteiger partial charge on any atom is 0.313 e. The van der Waals surface area contributed by atoms with Gasteiger partial charge in [0.2, 0.25) is 0 Å². The summed E-state index contributed by atoms with van der Waals surface area (Å²) < 4.78 is 26.8. The number of anilines is 1. The summed E-state index contributed by atoms with van der Waals surface area (Å²) in [4.78, 5) is 27.9. The van der Waals surface area contributed by atoms with Crippen molar-refractivity contribution in [1.29, 1.82) is 0 Å². The topological polar surface area (TPSA) is 61.4 Å². The summed E-state index contributed by atoms with van der Waals surface area (Å²) in [5.74, 6) is -3.58. The monoisotopic (exact) mass is 441 g/mol. The van der Waals surface area contributed by atoms with Gasteiger partial charge in [-0.1, -0.05) is 30.3 Å². The Morgan fingerprint density at radius 3 is 2.58 bits per heavy atom. The van der Waals surface area contributed by atoms with Crippen LogP contribution in [0.4, 0.5) is 14.5 Å². The molecule has 2 aromatic carbocycles. The van der Waals surface area contributed by atoms with Gasteiger partial charge in [-0.2, -0.15) is 0 Å². The fourth-order valence-corrected chi connectivity index (χ4v) is 4.57. The second-order valence-corrected chi connectivity index (χ2v) is 8.29. The van der Waals surface area contributed by atoms with Gasteiger partial charge in [0.05, 0.1) is 11.7 Å². The lowest BCUT2D eigenvalue weighted by Gasteiger charge is -2.35. The molecule has 0 saturated carbocycles. The van der Waals surface area contributed by atoms with E-state index in [1.165, 1.54) is 11.1 Å². The van der Waals surface area contributed by atoms with E-state index in [2.05, 4.69) is 27.7 Å². The Hall–Kier alpha value is -3.10. The number of nitrogens with zero attached hydrogens (tertiary/aromatic N) is 1. The van der Waals surface area contributed by atoms with Gasteiger partial charge in [-0.15, -0.1) is 11.3 Å². The van der Waals surface area contributed by atoms with Crippen molar-refractivity contribution in [3.05, 3.63) is 87.6 Å². The number of benzene rings is 2. The maximum absolute atomic E-state index is 13.7. The Morgan fingerprint density at radius 1 is 1.03 bits per heavy atom. The molecule has 0 bridgehead atoms. The normalized spacial score (nSPS) is 14.5. The van der Waals surface area contributed by atoms with E-state index in [1.54, 1.807) is 11.3 Å². The Morgan fingerprint density at radius 2 is 1.84 bits per heavy atom. The van der Waals surface area contributed by atoms with E-state index in [1.807, 2.05) is 29.6 Å². The molecule has 0 fully saturated rings. The van der Waals surface area contributed by atoms with E-state index in [0.717, 1.165) is 36.5 Å². The zero-order chi connectivity index (χ0) is 21.8. The molecule has 2 N–H and O–H groups in total. The van der Waals surface area contributed by atoms with Crippen molar-refractivity contribution >= 4 is 28.8 Å². The van der Waals surface area contributed by atoms with Crippen molar-refractivity contribution in [3.63, 3.8) is 0 Å². The van der Waals surface area contributed by atoms with Crippen LogP contribution in [0.5, 0.6) is 0 Å². The number of hydrogen-bond donors (Lipinski definition) is 2. The molecule has 0 unspecified atom stereocenters. The molecule has 2 heterocycles. The van der Waals surface area contributed by atoms with E-state index >= 15 is 0 Å². The number of halogens is 2. The van der Waals surface area contributed by atoms with Gasteiger partial charge in [-0.05, 0) is 41.1 Å². The van der Waals surface area contributed by atoms with E-state index in [4.69, 9.17) is 0 Å². The van der Waals surface area contributed by atoms with Crippen LogP contribution in [0.15, 0.2) is 60.0 Å². The summed E-state index contributed by atoms with van der Waals surface area (Å²) in [6.45, 7) is 1.82. The Kier molecular flexibility index (Phi) is 6.39. The molecule has 160 valence electrons. The minimum absolute atomic E-state index is 0.0901. The smallest absolute Gasteiger partial charge is 0.313 e. The molecule has 0 spiro atoms. The predicted octanol–water partition coefficient (Wildman–Crippen LogP) is 3.88. The summed E-state index contributed by atoms with van der Waals surface area (Å²) in [5.41, 5.74) is 2.34. The summed E-state index contributed by atoms with van der Waals surface area (Å²) >= 11 is 1.59. The first-order valence-corrected chi connectivity index (χ1v) is 10.8. The molecule has 5 nitrogen and oxygen atoms in total. The minimum Gasteiger partial charge on any atom is -0.346 e. The average Bonchev–Trinajstić information content (AvgIpc) is 3.30. The van der Waals surface area contributed by atoms with Crippen LogP contribution >= 0.6 is 11.3 Å². The zero-order valence-corrected chi connectivity index (χ0v) is 17.4. The van der Waals surface area contributed by atoms with Crippen LogP contribution in [0.1, 0.15) is 22.0 Å². The number of carbonyl (C=O) groups excluding carboxylic acids is 2. The molecule has 0 saturated heterocycles. The Labute approximate surface area is 182 Å². The fourth-order valence-electron chi connectivity index (χ4n) is 3.71. The first kappa shape index (κ1) is 21.1. The molecule has 1 aliphatic rings. The van der Waals surface area contributed by atoms with Gasteiger partial charge < -0.3 is 10.6 Å². The number of carbonyl (C=O) groups is 2. The highest BCUT2D eigenvalue weighted by Crippen LogP contribution is 2.30. The maximum atomic E-state index is 13.7. The highest BCUT2D eigenvalue weighted by molar-refractivity contribution is 7.10. The number of amides is 2. The average molecular weight is 442 g/mol. The quantitative estimate of drug-likeness (QED) is 0.591. The number of fused-ring (bicyclic) bond motifs is 1. The second-order valence-electron chi connectivity index (χ2n) is 7.31. The molecule has 8 heteroatoms. The molecule has 3 aromatic rings. The van der Waals surface area contributed by atoms with Crippen molar-refractivity contribution in [1.82, 2.24) is 10.2 Å². The molecular weight excluding hydrogens is 420 g/mol. The summed E-state index contributed by atoms with van der Waals surface area (Å²) in [6.07, 6.45) is 0.913. The van der Waals surface area contributed by atoms with Crippen LogP contribution in [0.3, 0.4) is 0 Å². The molecular formula is C23H21F2N3O2S. The number of nitrogens with one attached hydrogen (secondary N) is 2. The van der Waals surface area contributed by atoms with Crippen molar-refractivity contribution in [2.45, 2.75) is 19.0 Å². The van der Waals surface area contributed by atoms with E-state index in [-0.39, 0.29) is 18.3 Å². The lowest BCUT2D eigenvalue weighted by molar-refractivity contribution is -0.136. The minimum atomic E-state index is -1.00. The molecule has 2 amide bonds. The molecule has 4 rings (SSSR count). The van der Waals surface area contributed by atoms with Crippen LogP contribution in [0.25, 0.3) is 0 Å². The van der Waals surface area contributed by atoms with Crippen molar-refractivity contribution < 1.29 is 18.4 Å². The van der Waals surface area contributed by atoms with Gasteiger partial charge in [0.25, 0.3) is 0 Å². The standard InChI is InChI=1S/C23H21F2N3O2S/c24-17-7-8-19(18(25)12-17)27-23(30)22(29)26-13-20(21-6-3-11-31-21)28-10-9-15-4-1-2-5-16(15)14-28/h1-8,11-12,20H,9-10,13-14H2,(H,26,29)(H,27,30)/t20-/m0/s1. The highest BCUT2D eigenvalue weighted by atomic mass is 32.1. The zero-order valence-electron chi connectivity index (χ0n) is 16.6. The first-order valence-electron chi connectivity index (χ1n) is 9.90. The fraction of sp³-hybridized carbons (Fsp3) is 0.217. The van der Waals surface area contributed by atoms with Gasteiger partial charge in [0.15, 0.2) is 0 Å². The van der Waals surface area contributed by atoms with Gasteiger partial charge in [-0.3, -0.25) is 14.5 Å². The molecule has 0 radical (unpaired) electrons. The lowest BCUT2D eigenvalue weighted by Crippen LogP contribution is -2.43. The van der Waals surface area contributed by atoms with E-state index in [9.17, 15) is 18.4 Å². The van der Waals surface area contributed by atoms with Crippen LogP contribution in [0.2, 0.25) is 0 Å². The lowest BCUT2D eigenvalue weighted by atomic mass is 9.98. The summed E-state index contributed by atoms with van der Waals surface area (Å²) in [7, 11) is 0. The van der Waals surface area contributed by atoms with Gasteiger partial charge in [0, 0.05) is 30.6 Å². The summed E-state index contributed by atoms with van der Waals surface area (Å²) in [6, 6.07) is 14.9. The number of thiophene rings is 1. The highest BCUT2D eigenvalue weighted by Gasteiger charge is 2.27. The molecule has 1 atom stereocenters. The van der Waals surface area contributed by atoms with E-state index in [0.29, 0.717) is 6.07 Å². The molecule has 1 aliphatic heterocycles. The van der Waals surface area contributed by atoms with Crippen molar-refractivity contribution in [2.75, 3.05) is 18.4 Å². The SMILES string of the molecule is O=C(NC[C@@H](c1cccs1)N1CCc2ccccc2C1)C(=O)Nc1ccc(F)cc1F. The third-order valence-corrected chi connectivity index (χ3v) is 6.29. The predicted molar refractivity (Wildman–Crippen MR) is 116 cm³/mol. The van der Waals surface area contributed by atoms with Crippen LogP contribution in [0, 0.1) is 11.6 Å². The third-order valence-electron chi connectivity index (χ3n) is 5.31. The first-order chi connectivity index (χ1) is 15.0. The van der Waals surface area contributed by atoms with Crippen LogP contribution in [-0.4, -0.2) is 29.8 Å². The largest absolute Gasteiger partial charge is 0.346 e. The second kappa shape index (κ2) is 9.36. The van der Waals surface area contributed by atoms with E-state index < -0.39 is 23.4 Å². The Bertz CT molecular complexity index is 1090. The van der Waals surface area contributed by atoms with Crippen LogP contribution in [-0.2, 0) is 22.6 Å². The van der Waals surface area contributed by atoms with Crippen molar-refractivity contribution in [2.24, 2.45) is 0 Å². The van der Waals surface area contributed by atoms with Crippen LogP contribution < -0.4 is 10.6 Å². The number of rotatable bonds is 5.